The average Bonchev–Trinajstić information content (AvgIpc) is 2.52. The van der Waals surface area contributed by atoms with Crippen molar-refractivity contribution in [1.29, 1.82) is 0 Å². The minimum atomic E-state index is -0.844. The van der Waals surface area contributed by atoms with Crippen LogP contribution in [-0.2, 0) is 16.0 Å². The minimum Gasteiger partial charge on any atom is -0.481 e. The highest BCUT2D eigenvalue weighted by Crippen LogP contribution is 2.22. The number of hydrogen-bond donors (Lipinski definition) is 1. The summed E-state index contributed by atoms with van der Waals surface area (Å²) in [5.74, 6) is 0.0000167. The van der Waals surface area contributed by atoms with E-state index in [-0.39, 0.29) is 6.42 Å². The van der Waals surface area contributed by atoms with E-state index >= 15 is 0 Å². The monoisotopic (exact) mass is 233 g/mol. The molecule has 1 aromatic heterocycles. The van der Waals surface area contributed by atoms with Crippen molar-refractivity contribution in [2.45, 2.75) is 10.8 Å². The summed E-state index contributed by atoms with van der Waals surface area (Å²) in [6.45, 7) is 0.679. The van der Waals surface area contributed by atoms with Crippen LogP contribution in [0.3, 0.4) is 0 Å². The molecule has 1 heterocycles. The van der Waals surface area contributed by atoms with Crippen LogP contribution < -0.4 is 0 Å². The summed E-state index contributed by atoms with van der Waals surface area (Å²) in [6, 6.07) is 0. The molecule has 1 rings (SSSR count). The maximum Gasteiger partial charge on any atom is 0.309 e. The number of carboxylic acids is 1. The average molecular weight is 233 g/mol. The third kappa shape index (κ3) is 4.08. The molecular formula is C8H11NO3S2. The summed E-state index contributed by atoms with van der Waals surface area (Å²) in [6.07, 6.45) is 0.00133. The lowest BCUT2D eigenvalue weighted by molar-refractivity contribution is -0.136. The number of carbonyl (C=O) groups is 1. The van der Waals surface area contributed by atoms with Crippen LogP contribution in [0.2, 0.25) is 0 Å². The van der Waals surface area contributed by atoms with Crippen molar-refractivity contribution in [1.82, 2.24) is 4.98 Å². The topological polar surface area (TPSA) is 59.4 Å². The van der Waals surface area contributed by atoms with Gasteiger partial charge in [0.15, 0.2) is 0 Å². The molecule has 1 N–H and O–H groups in total. The molecule has 0 amide bonds. The Morgan fingerprint density at radius 1 is 1.79 bits per heavy atom. The highest BCUT2D eigenvalue weighted by Gasteiger charge is 2.05. The van der Waals surface area contributed by atoms with Crippen LogP contribution in [0.25, 0.3) is 0 Å². The molecule has 0 unspecified atom stereocenters. The van der Waals surface area contributed by atoms with Crippen LogP contribution in [0.1, 0.15) is 5.69 Å². The van der Waals surface area contributed by atoms with E-state index in [2.05, 4.69) is 4.98 Å². The first-order valence-electron chi connectivity index (χ1n) is 4.00. The third-order valence-electron chi connectivity index (χ3n) is 1.38. The molecule has 0 aromatic carbocycles. The van der Waals surface area contributed by atoms with Crippen molar-refractivity contribution >= 4 is 29.1 Å². The zero-order valence-electron chi connectivity index (χ0n) is 7.73. The van der Waals surface area contributed by atoms with Gasteiger partial charge >= 0.3 is 5.97 Å². The van der Waals surface area contributed by atoms with Gasteiger partial charge in [0, 0.05) is 18.2 Å². The van der Waals surface area contributed by atoms with E-state index in [1.54, 1.807) is 24.3 Å². The molecule has 0 atom stereocenters. The van der Waals surface area contributed by atoms with Crippen LogP contribution in [0.15, 0.2) is 9.72 Å². The van der Waals surface area contributed by atoms with Gasteiger partial charge in [0.2, 0.25) is 0 Å². The molecule has 4 nitrogen and oxygen atoms in total. The van der Waals surface area contributed by atoms with Crippen molar-refractivity contribution in [2.24, 2.45) is 0 Å². The Labute approximate surface area is 90.3 Å². The molecule has 0 spiro atoms. The normalized spacial score (nSPS) is 10.4. The van der Waals surface area contributed by atoms with Crippen molar-refractivity contribution in [3.8, 4) is 0 Å². The molecular weight excluding hydrogens is 222 g/mol. The van der Waals surface area contributed by atoms with E-state index in [9.17, 15) is 4.79 Å². The molecule has 0 aliphatic carbocycles. The number of thiazole rings is 1. The number of methoxy groups -OCH3 is 1. The quantitative estimate of drug-likeness (QED) is 0.596. The number of hydrogen-bond acceptors (Lipinski definition) is 5. The highest BCUT2D eigenvalue weighted by atomic mass is 32.2. The lowest BCUT2D eigenvalue weighted by atomic mass is 10.3. The van der Waals surface area contributed by atoms with Gasteiger partial charge in [-0.15, -0.1) is 11.3 Å². The number of thioether (sulfide) groups is 1. The molecule has 0 fully saturated rings. The van der Waals surface area contributed by atoms with E-state index < -0.39 is 5.97 Å². The van der Waals surface area contributed by atoms with E-state index in [4.69, 9.17) is 9.84 Å². The fraction of sp³-hybridized carbons (Fsp3) is 0.500. The van der Waals surface area contributed by atoms with Gasteiger partial charge < -0.3 is 9.84 Å². The summed E-state index contributed by atoms with van der Waals surface area (Å²) in [5.41, 5.74) is 0.627. The first kappa shape index (κ1) is 11.5. The van der Waals surface area contributed by atoms with Crippen molar-refractivity contribution in [3.05, 3.63) is 11.1 Å². The number of carboxylic acid groups (broad SMARTS) is 1. The Morgan fingerprint density at radius 3 is 3.21 bits per heavy atom. The fourth-order valence-corrected chi connectivity index (χ4v) is 2.62. The standard InChI is InChI=1S/C8H11NO3S2/c1-12-2-3-13-8-9-6(5-14-8)4-7(10)11/h5H,2-4H2,1H3,(H,10,11). The SMILES string of the molecule is COCCSc1nc(CC(=O)O)cs1. The van der Waals surface area contributed by atoms with Gasteiger partial charge in [-0.05, 0) is 0 Å². The molecule has 0 saturated heterocycles. The maximum atomic E-state index is 10.4. The van der Waals surface area contributed by atoms with Gasteiger partial charge in [-0.25, -0.2) is 4.98 Å². The maximum absolute atomic E-state index is 10.4. The first-order valence-corrected chi connectivity index (χ1v) is 5.87. The van der Waals surface area contributed by atoms with Crippen LogP contribution in [0, 0.1) is 0 Å². The zero-order valence-corrected chi connectivity index (χ0v) is 9.36. The van der Waals surface area contributed by atoms with E-state index in [0.29, 0.717) is 12.3 Å². The zero-order chi connectivity index (χ0) is 10.4. The van der Waals surface area contributed by atoms with Gasteiger partial charge in [0.1, 0.15) is 4.34 Å². The predicted molar refractivity (Wildman–Crippen MR) is 56.1 cm³/mol. The van der Waals surface area contributed by atoms with Crippen LogP contribution >= 0.6 is 23.1 Å². The largest absolute Gasteiger partial charge is 0.481 e. The second-order valence-corrected chi connectivity index (χ2v) is 4.72. The molecule has 0 saturated carbocycles. The Morgan fingerprint density at radius 2 is 2.57 bits per heavy atom. The van der Waals surface area contributed by atoms with Gasteiger partial charge in [0.25, 0.3) is 0 Å². The smallest absolute Gasteiger partial charge is 0.309 e. The number of ether oxygens (including phenoxy) is 1. The van der Waals surface area contributed by atoms with E-state index in [0.717, 1.165) is 10.1 Å². The van der Waals surface area contributed by atoms with Crippen molar-refractivity contribution in [3.63, 3.8) is 0 Å². The van der Waals surface area contributed by atoms with Gasteiger partial charge in [0.05, 0.1) is 18.7 Å². The van der Waals surface area contributed by atoms with Crippen LogP contribution in [0.4, 0.5) is 0 Å². The summed E-state index contributed by atoms with van der Waals surface area (Å²) in [4.78, 5) is 14.5. The molecule has 0 radical (unpaired) electrons. The summed E-state index contributed by atoms with van der Waals surface area (Å²) in [5, 5.41) is 10.3. The fourth-order valence-electron chi connectivity index (χ4n) is 0.803. The number of aliphatic carboxylic acids is 1. The lowest BCUT2D eigenvalue weighted by Crippen LogP contribution is -1.99. The first-order chi connectivity index (χ1) is 6.72. The number of nitrogens with zero attached hydrogens (tertiary/aromatic N) is 1. The number of aromatic nitrogens is 1. The Kier molecular flexibility index (Phi) is 4.92. The molecule has 0 aliphatic heterocycles. The van der Waals surface area contributed by atoms with Gasteiger partial charge in [-0.2, -0.15) is 0 Å². The summed E-state index contributed by atoms with van der Waals surface area (Å²) < 4.78 is 5.80. The summed E-state index contributed by atoms with van der Waals surface area (Å²) >= 11 is 3.06. The second kappa shape index (κ2) is 6.00. The Bertz CT molecular complexity index is 301. The third-order valence-corrected chi connectivity index (χ3v) is 3.41. The lowest BCUT2D eigenvalue weighted by Gasteiger charge is -1.94. The Hall–Kier alpha value is -0.590. The molecule has 1 aromatic rings. The summed E-state index contributed by atoms with van der Waals surface area (Å²) in [7, 11) is 1.65. The van der Waals surface area contributed by atoms with Gasteiger partial charge in [-0.3, -0.25) is 4.79 Å². The van der Waals surface area contributed by atoms with E-state index in [1.165, 1.54) is 11.3 Å². The highest BCUT2D eigenvalue weighted by molar-refractivity contribution is 8.01. The molecule has 6 heteroatoms. The minimum absolute atomic E-state index is 0.00133. The second-order valence-electron chi connectivity index (χ2n) is 2.52. The molecule has 78 valence electrons. The Balaban J connectivity index is 2.38. The van der Waals surface area contributed by atoms with E-state index in [1.807, 2.05) is 0 Å². The van der Waals surface area contributed by atoms with Crippen LogP contribution in [0.5, 0.6) is 0 Å². The molecule has 14 heavy (non-hydrogen) atoms. The number of rotatable bonds is 6. The van der Waals surface area contributed by atoms with Crippen molar-refractivity contribution < 1.29 is 14.6 Å². The van der Waals surface area contributed by atoms with Crippen molar-refractivity contribution in [2.75, 3.05) is 19.5 Å². The molecule has 0 aliphatic rings. The molecule has 0 bridgehead atoms. The van der Waals surface area contributed by atoms with Crippen LogP contribution in [-0.4, -0.2) is 35.5 Å². The van der Waals surface area contributed by atoms with Gasteiger partial charge in [-0.1, -0.05) is 11.8 Å². The predicted octanol–water partition coefficient (Wildman–Crippen LogP) is 1.51.